The lowest BCUT2D eigenvalue weighted by Gasteiger charge is -2.15. The van der Waals surface area contributed by atoms with Gasteiger partial charge in [0.1, 0.15) is 5.75 Å². The maximum atomic E-state index is 11.9. The fraction of sp³-hybridized carbons (Fsp3) is 0.217. The van der Waals surface area contributed by atoms with Crippen molar-refractivity contribution in [3.8, 4) is 16.9 Å². The van der Waals surface area contributed by atoms with E-state index in [1.54, 1.807) is 31.0 Å². The Bertz CT molecular complexity index is 1110. The van der Waals surface area contributed by atoms with Gasteiger partial charge in [0.25, 0.3) is 0 Å². The molecule has 3 aromatic rings. The number of nitrogens with two attached hydrogens (primary N) is 1. The molecule has 3 aromatic carbocycles. The molecular formula is C23H25NO4S2. The molecule has 7 heteroatoms. The van der Waals surface area contributed by atoms with E-state index in [9.17, 15) is 8.42 Å². The fourth-order valence-electron chi connectivity index (χ4n) is 3.33. The number of primary sulfonamides is 1. The molecule has 0 aliphatic carbocycles. The number of sulfonamides is 1. The summed E-state index contributed by atoms with van der Waals surface area (Å²) in [4.78, 5) is 1.35. The van der Waals surface area contributed by atoms with Crippen LogP contribution >= 0.6 is 11.8 Å². The van der Waals surface area contributed by atoms with Gasteiger partial charge in [0, 0.05) is 12.0 Å². The van der Waals surface area contributed by atoms with Crippen molar-refractivity contribution in [2.24, 2.45) is 5.14 Å². The molecule has 0 aliphatic rings. The van der Waals surface area contributed by atoms with Gasteiger partial charge in [-0.3, -0.25) is 0 Å². The van der Waals surface area contributed by atoms with E-state index in [0.29, 0.717) is 18.4 Å². The molecule has 0 radical (unpaired) electrons. The van der Waals surface area contributed by atoms with Gasteiger partial charge in [-0.05, 0) is 59.6 Å². The van der Waals surface area contributed by atoms with Crippen molar-refractivity contribution in [2.75, 3.05) is 20.2 Å². The molecule has 0 aromatic heterocycles. The van der Waals surface area contributed by atoms with Gasteiger partial charge < -0.3 is 9.47 Å². The van der Waals surface area contributed by atoms with Crippen LogP contribution in [0.2, 0.25) is 0 Å². The number of benzene rings is 3. The monoisotopic (exact) mass is 443 g/mol. The summed E-state index contributed by atoms with van der Waals surface area (Å²) in [6.07, 6.45) is 3.19. The van der Waals surface area contributed by atoms with E-state index in [0.717, 1.165) is 22.4 Å². The van der Waals surface area contributed by atoms with Gasteiger partial charge in [0.15, 0.2) is 6.79 Å². The van der Waals surface area contributed by atoms with Crippen molar-refractivity contribution >= 4 is 21.8 Å². The fourth-order valence-corrected chi connectivity index (χ4v) is 4.75. The molecule has 0 atom stereocenters. The Morgan fingerprint density at radius 2 is 1.63 bits per heavy atom. The van der Waals surface area contributed by atoms with E-state index in [1.807, 2.05) is 30.3 Å². The SMILES string of the molecule is COCOc1cc(-c2ccccc2SC)ccc1CCc1ccccc1S(N)(=O)=O. The molecule has 0 fully saturated rings. The smallest absolute Gasteiger partial charge is 0.238 e. The third-order valence-electron chi connectivity index (χ3n) is 4.76. The van der Waals surface area contributed by atoms with Crippen LogP contribution in [0.5, 0.6) is 5.75 Å². The molecule has 0 heterocycles. The van der Waals surface area contributed by atoms with Gasteiger partial charge in [-0.15, -0.1) is 11.8 Å². The molecule has 0 unspecified atom stereocenters. The van der Waals surface area contributed by atoms with Gasteiger partial charge in [0.2, 0.25) is 10.0 Å². The van der Waals surface area contributed by atoms with Crippen LogP contribution < -0.4 is 9.88 Å². The van der Waals surface area contributed by atoms with Crippen LogP contribution in [0.3, 0.4) is 0 Å². The molecule has 0 saturated heterocycles. The van der Waals surface area contributed by atoms with Gasteiger partial charge in [-0.25, -0.2) is 13.6 Å². The van der Waals surface area contributed by atoms with E-state index in [2.05, 4.69) is 24.5 Å². The van der Waals surface area contributed by atoms with E-state index in [4.69, 9.17) is 14.6 Å². The minimum Gasteiger partial charge on any atom is -0.467 e. The summed E-state index contributed by atoms with van der Waals surface area (Å²) < 4.78 is 34.7. The number of ether oxygens (including phenoxy) is 2. The van der Waals surface area contributed by atoms with Gasteiger partial charge >= 0.3 is 0 Å². The second-order valence-electron chi connectivity index (χ2n) is 6.73. The molecular weight excluding hydrogens is 418 g/mol. The second kappa shape index (κ2) is 10.1. The van der Waals surface area contributed by atoms with Crippen LogP contribution in [0.1, 0.15) is 11.1 Å². The predicted octanol–water partition coefficient (Wildman–Crippen LogP) is 4.49. The zero-order valence-electron chi connectivity index (χ0n) is 17.0. The lowest BCUT2D eigenvalue weighted by atomic mass is 9.99. The number of hydrogen-bond donors (Lipinski definition) is 1. The summed E-state index contributed by atoms with van der Waals surface area (Å²) in [6.45, 7) is 0.133. The highest BCUT2D eigenvalue weighted by atomic mass is 32.2. The number of thioether (sulfide) groups is 1. The molecule has 3 rings (SSSR count). The lowest BCUT2D eigenvalue weighted by Crippen LogP contribution is -2.14. The summed E-state index contributed by atoms with van der Waals surface area (Å²) in [5.74, 6) is 0.721. The maximum Gasteiger partial charge on any atom is 0.238 e. The van der Waals surface area contributed by atoms with Gasteiger partial charge in [-0.2, -0.15) is 0 Å². The number of rotatable bonds is 9. The van der Waals surface area contributed by atoms with Gasteiger partial charge in [0.05, 0.1) is 4.90 Å². The minimum absolute atomic E-state index is 0.133. The lowest BCUT2D eigenvalue weighted by molar-refractivity contribution is 0.0504. The summed E-state index contributed by atoms with van der Waals surface area (Å²) >= 11 is 1.70. The van der Waals surface area contributed by atoms with Crippen LogP contribution in [0.4, 0.5) is 0 Å². The first-order valence-electron chi connectivity index (χ1n) is 9.43. The highest BCUT2D eigenvalue weighted by molar-refractivity contribution is 7.98. The van der Waals surface area contributed by atoms with Crippen LogP contribution in [-0.2, 0) is 27.6 Å². The Labute approximate surface area is 182 Å². The summed E-state index contributed by atoms with van der Waals surface area (Å²) in [5.41, 5.74) is 3.86. The van der Waals surface area contributed by atoms with E-state index in [-0.39, 0.29) is 11.7 Å². The van der Waals surface area contributed by atoms with Crippen LogP contribution in [-0.4, -0.2) is 28.6 Å². The standard InChI is InChI=1S/C23H25NO4S2/c1-27-16-28-21-15-19(20-8-4-5-9-22(20)29-2)14-12-17(21)11-13-18-7-3-6-10-23(18)30(24,25)26/h3-10,12,14-15H,11,13,16H2,1-2H3,(H2,24,25,26). The molecule has 0 amide bonds. The Morgan fingerprint density at radius 3 is 2.37 bits per heavy atom. The molecule has 158 valence electrons. The molecule has 0 saturated carbocycles. The van der Waals surface area contributed by atoms with Crippen LogP contribution in [0.25, 0.3) is 11.1 Å². The van der Waals surface area contributed by atoms with Crippen molar-refractivity contribution in [2.45, 2.75) is 22.6 Å². The van der Waals surface area contributed by atoms with Crippen LogP contribution in [0.15, 0.2) is 76.5 Å². The summed E-state index contributed by atoms with van der Waals surface area (Å²) in [5, 5.41) is 5.36. The molecule has 0 bridgehead atoms. The average Bonchev–Trinajstić information content (AvgIpc) is 2.76. The Morgan fingerprint density at radius 1 is 0.933 bits per heavy atom. The molecule has 2 N–H and O–H groups in total. The molecule has 0 aliphatic heterocycles. The van der Waals surface area contributed by atoms with Crippen molar-refractivity contribution in [1.29, 1.82) is 0 Å². The highest BCUT2D eigenvalue weighted by Gasteiger charge is 2.15. The van der Waals surface area contributed by atoms with Crippen molar-refractivity contribution in [3.63, 3.8) is 0 Å². The van der Waals surface area contributed by atoms with E-state index >= 15 is 0 Å². The first kappa shape index (κ1) is 22.4. The average molecular weight is 444 g/mol. The topological polar surface area (TPSA) is 78.6 Å². The van der Waals surface area contributed by atoms with Gasteiger partial charge in [-0.1, -0.05) is 48.5 Å². The molecule has 30 heavy (non-hydrogen) atoms. The summed E-state index contributed by atoms with van der Waals surface area (Å²) in [6, 6.07) is 21.1. The summed E-state index contributed by atoms with van der Waals surface area (Å²) in [7, 11) is -2.19. The highest BCUT2D eigenvalue weighted by Crippen LogP contribution is 2.34. The molecule has 0 spiro atoms. The third kappa shape index (κ3) is 5.43. The molecule has 5 nitrogen and oxygen atoms in total. The van der Waals surface area contributed by atoms with E-state index < -0.39 is 10.0 Å². The van der Waals surface area contributed by atoms with Crippen molar-refractivity contribution in [3.05, 3.63) is 77.9 Å². The first-order chi connectivity index (χ1) is 14.4. The largest absolute Gasteiger partial charge is 0.467 e. The van der Waals surface area contributed by atoms with Crippen LogP contribution in [0, 0.1) is 0 Å². The van der Waals surface area contributed by atoms with E-state index in [1.165, 1.54) is 11.0 Å². The number of hydrogen-bond acceptors (Lipinski definition) is 5. The Hall–Kier alpha value is -2.32. The first-order valence-corrected chi connectivity index (χ1v) is 12.2. The number of aryl methyl sites for hydroxylation is 2. The quantitative estimate of drug-likeness (QED) is 0.389. The number of methoxy groups -OCH3 is 1. The second-order valence-corrected chi connectivity index (χ2v) is 9.10. The van der Waals surface area contributed by atoms with Crippen molar-refractivity contribution < 1.29 is 17.9 Å². The maximum absolute atomic E-state index is 11.9. The van der Waals surface area contributed by atoms with Crippen molar-refractivity contribution in [1.82, 2.24) is 0 Å². The predicted molar refractivity (Wildman–Crippen MR) is 121 cm³/mol. The third-order valence-corrected chi connectivity index (χ3v) is 6.57. The zero-order chi connectivity index (χ0) is 21.6. The minimum atomic E-state index is -3.77. The Kier molecular flexibility index (Phi) is 7.55. The zero-order valence-corrected chi connectivity index (χ0v) is 18.6. The normalized spacial score (nSPS) is 11.4. The Balaban J connectivity index is 1.92.